The SMILES string of the molecule is CN1CCN(Cc2ccc(-c3nc(CC(=O)Nc4ccc(S(N)(=O)=O)cc4)cs3)cc2)CC1. The molecule has 1 saturated heterocycles. The van der Waals surface area contributed by atoms with Crippen LogP contribution in [-0.2, 0) is 27.8 Å². The summed E-state index contributed by atoms with van der Waals surface area (Å²) in [5, 5.41) is 10.6. The fourth-order valence-electron chi connectivity index (χ4n) is 3.64. The highest BCUT2D eigenvalue weighted by Gasteiger charge is 2.14. The Hall–Kier alpha value is -2.63. The van der Waals surface area contributed by atoms with Crippen LogP contribution in [0.15, 0.2) is 58.8 Å². The monoisotopic (exact) mass is 485 g/mol. The smallest absolute Gasteiger partial charge is 0.238 e. The number of primary sulfonamides is 1. The molecule has 1 amide bonds. The van der Waals surface area contributed by atoms with Gasteiger partial charge in [0.05, 0.1) is 17.0 Å². The number of hydrogen-bond donors (Lipinski definition) is 2. The first-order chi connectivity index (χ1) is 15.8. The van der Waals surface area contributed by atoms with Crippen LogP contribution < -0.4 is 10.5 Å². The van der Waals surface area contributed by atoms with E-state index in [0.717, 1.165) is 43.3 Å². The molecule has 1 fully saturated rings. The number of anilines is 1. The number of piperazine rings is 1. The van der Waals surface area contributed by atoms with Gasteiger partial charge in [-0.05, 0) is 36.9 Å². The summed E-state index contributed by atoms with van der Waals surface area (Å²) in [4.78, 5) is 21.8. The molecule has 4 rings (SSSR count). The van der Waals surface area contributed by atoms with Crippen molar-refractivity contribution in [2.75, 3.05) is 38.5 Å². The third kappa shape index (κ3) is 6.46. The van der Waals surface area contributed by atoms with Crippen LogP contribution in [0.1, 0.15) is 11.3 Å². The Kier molecular flexibility index (Phi) is 7.20. The normalized spacial score (nSPS) is 15.5. The molecule has 1 aliphatic rings. The van der Waals surface area contributed by atoms with Crippen molar-refractivity contribution < 1.29 is 13.2 Å². The molecule has 8 nitrogen and oxygen atoms in total. The second-order valence-electron chi connectivity index (χ2n) is 8.21. The van der Waals surface area contributed by atoms with Crippen molar-refractivity contribution in [2.45, 2.75) is 17.9 Å². The summed E-state index contributed by atoms with van der Waals surface area (Å²) in [6.07, 6.45) is 0.134. The minimum absolute atomic E-state index is 0.000747. The van der Waals surface area contributed by atoms with Crippen molar-refractivity contribution in [3.05, 3.63) is 65.2 Å². The number of likely N-dealkylation sites (N-methyl/N-ethyl adjacent to an activating group) is 1. The molecule has 2 heterocycles. The molecule has 0 spiro atoms. The minimum Gasteiger partial charge on any atom is -0.326 e. The molecule has 0 radical (unpaired) electrons. The fraction of sp³-hybridized carbons (Fsp3) is 0.304. The summed E-state index contributed by atoms with van der Waals surface area (Å²) in [5.74, 6) is -0.224. The molecule has 0 atom stereocenters. The van der Waals surface area contributed by atoms with Gasteiger partial charge in [-0.3, -0.25) is 9.69 Å². The Balaban J connectivity index is 1.32. The predicted molar refractivity (Wildman–Crippen MR) is 130 cm³/mol. The number of sulfonamides is 1. The van der Waals surface area contributed by atoms with Gasteiger partial charge >= 0.3 is 0 Å². The Morgan fingerprint density at radius 2 is 1.73 bits per heavy atom. The molecule has 174 valence electrons. The van der Waals surface area contributed by atoms with E-state index < -0.39 is 10.0 Å². The van der Waals surface area contributed by atoms with Crippen molar-refractivity contribution >= 4 is 33.0 Å². The quantitative estimate of drug-likeness (QED) is 0.532. The number of nitrogens with two attached hydrogens (primary N) is 1. The molecule has 10 heteroatoms. The van der Waals surface area contributed by atoms with Gasteiger partial charge in [-0.1, -0.05) is 24.3 Å². The fourth-order valence-corrected chi connectivity index (χ4v) is 4.98. The summed E-state index contributed by atoms with van der Waals surface area (Å²) < 4.78 is 22.7. The minimum atomic E-state index is -3.76. The zero-order valence-corrected chi connectivity index (χ0v) is 20.0. The van der Waals surface area contributed by atoms with Crippen LogP contribution in [0.4, 0.5) is 5.69 Å². The van der Waals surface area contributed by atoms with Crippen LogP contribution >= 0.6 is 11.3 Å². The Bertz CT molecular complexity index is 1200. The molecule has 0 bridgehead atoms. The number of carbonyl (C=O) groups is 1. The first-order valence-corrected chi connectivity index (χ1v) is 13.1. The first-order valence-electron chi connectivity index (χ1n) is 10.6. The van der Waals surface area contributed by atoms with Crippen LogP contribution in [-0.4, -0.2) is 62.3 Å². The standard InChI is InChI=1S/C23H27N5O3S2/c1-27-10-12-28(13-11-27)15-17-2-4-18(5-3-17)23-26-20(16-32-23)14-22(29)25-19-6-8-21(9-7-19)33(24,30)31/h2-9,16H,10-15H2,1H3,(H,25,29)(H2,24,30,31). The van der Waals surface area contributed by atoms with Gasteiger partial charge in [0.25, 0.3) is 0 Å². The van der Waals surface area contributed by atoms with E-state index in [0.29, 0.717) is 11.4 Å². The molecule has 0 unspecified atom stereocenters. The number of aromatic nitrogens is 1. The molecule has 1 aliphatic heterocycles. The van der Waals surface area contributed by atoms with Crippen LogP contribution in [0.2, 0.25) is 0 Å². The molecular weight excluding hydrogens is 458 g/mol. The average molecular weight is 486 g/mol. The van der Waals surface area contributed by atoms with E-state index >= 15 is 0 Å². The molecule has 33 heavy (non-hydrogen) atoms. The van der Waals surface area contributed by atoms with Gasteiger partial charge in [0, 0.05) is 49.4 Å². The van der Waals surface area contributed by atoms with Crippen molar-refractivity contribution in [1.29, 1.82) is 0 Å². The van der Waals surface area contributed by atoms with Crippen LogP contribution in [0.5, 0.6) is 0 Å². The zero-order valence-electron chi connectivity index (χ0n) is 18.4. The van der Waals surface area contributed by atoms with Gasteiger partial charge in [-0.25, -0.2) is 18.5 Å². The highest BCUT2D eigenvalue weighted by atomic mass is 32.2. The molecule has 0 saturated carbocycles. The molecular formula is C23H27N5O3S2. The maximum atomic E-state index is 12.4. The van der Waals surface area contributed by atoms with Gasteiger partial charge in [0.2, 0.25) is 15.9 Å². The number of rotatable bonds is 7. The first kappa shape index (κ1) is 23.5. The summed E-state index contributed by atoms with van der Waals surface area (Å²) in [5.41, 5.74) is 3.51. The van der Waals surface area contributed by atoms with E-state index in [2.05, 4.69) is 51.4 Å². The number of benzene rings is 2. The maximum Gasteiger partial charge on any atom is 0.238 e. The lowest BCUT2D eigenvalue weighted by atomic mass is 10.1. The van der Waals surface area contributed by atoms with Crippen LogP contribution in [0, 0.1) is 0 Å². The third-order valence-electron chi connectivity index (χ3n) is 5.56. The highest BCUT2D eigenvalue weighted by molar-refractivity contribution is 7.89. The molecule has 0 aliphatic carbocycles. The lowest BCUT2D eigenvalue weighted by molar-refractivity contribution is -0.115. The number of thiazole rings is 1. The van der Waals surface area contributed by atoms with E-state index in [-0.39, 0.29) is 17.2 Å². The van der Waals surface area contributed by atoms with E-state index in [9.17, 15) is 13.2 Å². The number of nitrogens with zero attached hydrogens (tertiary/aromatic N) is 3. The second kappa shape index (κ2) is 10.1. The molecule has 3 N–H and O–H groups in total. The third-order valence-corrected chi connectivity index (χ3v) is 7.43. The lowest BCUT2D eigenvalue weighted by Crippen LogP contribution is -2.43. The summed E-state index contributed by atoms with van der Waals surface area (Å²) in [6, 6.07) is 14.2. The Labute approximate surface area is 198 Å². The summed E-state index contributed by atoms with van der Waals surface area (Å²) in [7, 11) is -1.60. The number of amides is 1. The molecule has 2 aromatic carbocycles. The Morgan fingerprint density at radius 1 is 1.06 bits per heavy atom. The second-order valence-corrected chi connectivity index (χ2v) is 10.6. The van der Waals surface area contributed by atoms with Crippen molar-refractivity contribution in [2.24, 2.45) is 5.14 Å². The molecule has 1 aromatic heterocycles. The lowest BCUT2D eigenvalue weighted by Gasteiger charge is -2.32. The summed E-state index contributed by atoms with van der Waals surface area (Å²) in [6.45, 7) is 5.34. The number of hydrogen-bond acceptors (Lipinski definition) is 7. The van der Waals surface area contributed by atoms with E-state index in [1.807, 2.05) is 5.38 Å². The van der Waals surface area contributed by atoms with Crippen molar-refractivity contribution in [1.82, 2.24) is 14.8 Å². The number of nitrogens with one attached hydrogen (secondary N) is 1. The van der Waals surface area contributed by atoms with Gasteiger partial charge in [0.1, 0.15) is 5.01 Å². The van der Waals surface area contributed by atoms with E-state index in [4.69, 9.17) is 5.14 Å². The largest absolute Gasteiger partial charge is 0.326 e. The highest BCUT2D eigenvalue weighted by Crippen LogP contribution is 2.25. The Morgan fingerprint density at radius 3 is 2.36 bits per heavy atom. The van der Waals surface area contributed by atoms with Crippen molar-refractivity contribution in [3.63, 3.8) is 0 Å². The number of carbonyl (C=O) groups excluding carboxylic acids is 1. The van der Waals surface area contributed by atoms with Crippen LogP contribution in [0.25, 0.3) is 10.6 Å². The van der Waals surface area contributed by atoms with Crippen molar-refractivity contribution in [3.8, 4) is 10.6 Å². The molecule has 3 aromatic rings. The van der Waals surface area contributed by atoms with E-state index in [1.54, 1.807) is 0 Å². The van der Waals surface area contributed by atoms with E-state index in [1.165, 1.54) is 41.2 Å². The maximum absolute atomic E-state index is 12.4. The zero-order chi connectivity index (χ0) is 23.4. The van der Waals surface area contributed by atoms with Gasteiger partial charge in [0.15, 0.2) is 0 Å². The summed E-state index contributed by atoms with van der Waals surface area (Å²) >= 11 is 1.51. The van der Waals surface area contributed by atoms with Crippen LogP contribution in [0.3, 0.4) is 0 Å². The predicted octanol–water partition coefficient (Wildman–Crippen LogP) is 2.39. The average Bonchev–Trinajstić information content (AvgIpc) is 3.24. The van der Waals surface area contributed by atoms with Gasteiger partial charge < -0.3 is 10.2 Å². The topological polar surface area (TPSA) is 109 Å². The van der Waals surface area contributed by atoms with Gasteiger partial charge in [-0.2, -0.15) is 0 Å². The van der Waals surface area contributed by atoms with Gasteiger partial charge in [-0.15, -0.1) is 11.3 Å².